The Kier molecular flexibility index (Phi) is 5.84. The molecule has 3 aliphatic rings. The lowest BCUT2D eigenvalue weighted by molar-refractivity contribution is -0.127. The number of anilines is 1. The van der Waals surface area contributed by atoms with Gasteiger partial charge in [-0.05, 0) is 61.4 Å². The second-order valence-electron chi connectivity index (χ2n) is 8.85. The van der Waals surface area contributed by atoms with Gasteiger partial charge >= 0.3 is 0 Å². The number of piperidine rings is 1. The van der Waals surface area contributed by atoms with E-state index in [9.17, 15) is 18.0 Å². The van der Waals surface area contributed by atoms with Gasteiger partial charge in [-0.3, -0.25) is 9.59 Å². The first kappa shape index (κ1) is 21.9. The standard InChI is InChI=1S/C24H27N3O5S/c28-23-15-32-22-11-10-18(13-21(22)25-23)33(30,31)27-12-4-7-17(14-27)24(29)26-20-9-3-6-16-5-1-2-8-19(16)20/h1-2,5,8,10-11,13,17,20H,3-4,6-7,9,12,14-15H2,(H,25,28)(H,26,29)/t17-,20+/m0/s1. The third-order valence-electron chi connectivity index (χ3n) is 6.66. The molecule has 2 amide bonds. The summed E-state index contributed by atoms with van der Waals surface area (Å²) in [4.78, 5) is 24.8. The Hall–Kier alpha value is -2.91. The normalized spacial score (nSPS) is 23.0. The van der Waals surface area contributed by atoms with Crippen molar-refractivity contribution >= 4 is 27.5 Å². The zero-order chi connectivity index (χ0) is 23.0. The van der Waals surface area contributed by atoms with Gasteiger partial charge in [0.25, 0.3) is 5.91 Å². The number of hydrogen-bond acceptors (Lipinski definition) is 5. The lowest BCUT2D eigenvalue weighted by Crippen LogP contribution is -2.46. The molecule has 174 valence electrons. The van der Waals surface area contributed by atoms with E-state index in [-0.39, 0.29) is 35.9 Å². The van der Waals surface area contributed by atoms with Gasteiger partial charge in [0.2, 0.25) is 15.9 Å². The number of carbonyl (C=O) groups is 2. The Morgan fingerprint density at radius 3 is 2.85 bits per heavy atom. The molecule has 2 aromatic carbocycles. The van der Waals surface area contributed by atoms with E-state index in [1.54, 1.807) is 6.07 Å². The number of carbonyl (C=O) groups excluding carboxylic acids is 2. The molecular formula is C24H27N3O5S. The molecule has 1 fully saturated rings. The fourth-order valence-corrected chi connectivity index (χ4v) is 6.49. The first-order chi connectivity index (χ1) is 15.9. The molecule has 9 heteroatoms. The number of aryl methyl sites for hydroxylation is 1. The van der Waals surface area contributed by atoms with Gasteiger partial charge in [0.05, 0.1) is 22.5 Å². The summed E-state index contributed by atoms with van der Waals surface area (Å²) < 4.78 is 33.3. The van der Waals surface area contributed by atoms with Gasteiger partial charge in [-0.15, -0.1) is 0 Å². The van der Waals surface area contributed by atoms with E-state index in [0.29, 0.717) is 30.8 Å². The van der Waals surface area contributed by atoms with Crippen molar-refractivity contribution in [2.45, 2.75) is 43.0 Å². The van der Waals surface area contributed by atoms with Gasteiger partial charge in [-0.1, -0.05) is 24.3 Å². The maximum Gasteiger partial charge on any atom is 0.262 e. The summed E-state index contributed by atoms with van der Waals surface area (Å²) in [5, 5.41) is 5.82. The fourth-order valence-electron chi connectivity index (χ4n) is 4.94. The van der Waals surface area contributed by atoms with Gasteiger partial charge < -0.3 is 15.4 Å². The van der Waals surface area contributed by atoms with Crippen LogP contribution in [-0.4, -0.2) is 44.2 Å². The fraction of sp³-hybridized carbons (Fsp3) is 0.417. The Balaban J connectivity index is 1.30. The highest BCUT2D eigenvalue weighted by Crippen LogP contribution is 2.33. The number of ether oxygens (including phenoxy) is 1. The molecule has 2 aliphatic heterocycles. The molecule has 2 atom stereocenters. The largest absolute Gasteiger partial charge is 0.482 e. The number of nitrogens with one attached hydrogen (secondary N) is 2. The van der Waals surface area contributed by atoms with Crippen molar-refractivity contribution in [1.82, 2.24) is 9.62 Å². The zero-order valence-electron chi connectivity index (χ0n) is 18.2. The Labute approximate surface area is 193 Å². The number of nitrogens with zero attached hydrogens (tertiary/aromatic N) is 1. The Morgan fingerprint density at radius 2 is 1.97 bits per heavy atom. The van der Waals surface area contributed by atoms with E-state index >= 15 is 0 Å². The summed E-state index contributed by atoms with van der Waals surface area (Å²) in [6, 6.07) is 12.6. The number of hydrogen-bond donors (Lipinski definition) is 2. The number of fused-ring (bicyclic) bond motifs is 2. The van der Waals surface area contributed by atoms with Crippen LogP contribution in [0.2, 0.25) is 0 Å². The molecule has 33 heavy (non-hydrogen) atoms. The van der Waals surface area contributed by atoms with Crippen LogP contribution in [0.3, 0.4) is 0 Å². The van der Waals surface area contributed by atoms with Crippen LogP contribution in [0.15, 0.2) is 47.4 Å². The molecule has 0 aromatic heterocycles. The SMILES string of the molecule is O=C1COc2ccc(S(=O)(=O)N3CCC[C@H](C(=O)N[C@@H]4CCCc5ccccc54)C3)cc2N1. The summed E-state index contributed by atoms with van der Waals surface area (Å²) in [6.07, 6.45) is 4.19. The lowest BCUT2D eigenvalue weighted by atomic mass is 9.87. The molecule has 0 unspecified atom stereocenters. The van der Waals surface area contributed by atoms with E-state index in [4.69, 9.17) is 4.74 Å². The molecular weight excluding hydrogens is 442 g/mol. The quantitative estimate of drug-likeness (QED) is 0.716. The lowest BCUT2D eigenvalue weighted by Gasteiger charge is -2.33. The van der Waals surface area contributed by atoms with E-state index in [2.05, 4.69) is 22.8 Å². The molecule has 0 bridgehead atoms. The predicted molar refractivity (Wildman–Crippen MR) is 122 cm³/mol. The predicted octanol–water partition coefficient (Wildman–Crippen LogP) is 2.61. The van der Waals surface area contributed by atoms with Gasteiger partial charge in [-0.2, -0.15) is 4.31 Å². The molecule has 2 heterocycles. The maximum atomic E-state index is 13.3. The summed E-state index contributed by atoms with van der Waals surface area (Å²) in [7, 11) is -3.81. The van der Waals surface area contributed by atoms with E-state index in [0.717, 1.165) is 24.8 Å². The van der Waals surface area contributed by atoms with Gasteiger partial charge in [0.1, 0.15) is 5.75 Å². The minimum atomic E-state index is -3.81. The van der Waals surface area contributed by atoms with Crippen molar-refractivity contribution in [3.05, 3.63) is 53.6 Å². The second kappa shape index (κ2) is 8.79. The Bertz CT molecular complexity index is 1200. The van der Waals surface area contributed by atoms with Crippen LogP contribution in [0, 0.1) is 5.92 Å². The van der Waals surface area contributed by atoms with Gasteiger partial charge in [0.15, 0.2) is 6.61 Å². The smallest absolute Gasteiger partial charge is 0.262 e. The third-order valence-corrected chi connectivity index (χ3v) is 8.52. The van der Waals surface area contributed by atoms with Crippen LogP contribution in [-0.2, 0) is 26.0 Å². The van der Waals surface area contributed by atoms with Gasteiger partial charge in [-0.25, -0.2) is 8.42 Å². The molecule has 2 N–H and O–H groups in total. The number of rotatable bonds is 4. The highest BCUT2D eigenvalue weighted by molar-refractivity contribution is 7.89. The minimum absolute atomic E-state index is 0.0290. The monoisotopic (exact) mass is 469 g/mol. The number of sulfonamides is 1. The highest BCUT2D eigenvalue weighted by atomic mass is 32.2. The second-order valence-corrected chi connectivity index (χ2v) is 10.8. The van der Waals surface area contributed by atoms with Crippen molar-refractivity contribution in [2.24, 2.45) is 5.92 Å². The Morgan fingerprint density at radius 1 is 1.12 bits per heavy atom. The summed E-state index contributed by atoms with van der Waals surface area (Å²) in [5.41, 5.74) is 2.77. The summed E-state index contributed by atoms with van der Waals surface area (Å²) in [6.45, 7) is 0.411. The third kappa shape index (κ3) is 4.35. The molecule has 0 radical (unpaired) electrons. The minimum Gasteiger partial charge on any atom is -0.482 e. The van der Waals surface area contributed by atoms with E-state index in [1.165, 1.54) is 22.0 Å². The average molecular weight is 470 g/mol. The topological polar surface area (TPSA) is 105 Å². The molecule has 5 rings (SSSR count). The summed E-state index contributed by atoms with van der Waals surface area (Å²) in [5.74, 6) is -0.376. The van der Waals surface area contributed by atoms with Crippen molar-refractivity contribution < 1.29 is 22.7 Å². The van der Waals surface area contributed by atoms with E-state index < -0.39 is 15.9 Å². The molecule has 2 aromatic rings. The zero-order valence-corrected chi connectivity index (χ0v) is 19.1. The molecule has 1 aliphatic carbocycles. The van der Waals surface area contributed by atoms with Crippen LogP contribution in [0.5, 0.6) is 5.75 Å². The van der Waals surface area contributed by atoms with Crippen LogP contribution in [0.4, 0.5) is 5.69 Å². The van der Waals surface area contributed by atoms with Crippen molar-refractivity contribution in [2.75, 3.05) is 25.0 Å². The van der Waals surface area contributed by atoms with Gasteiger partial charge in [0, 0.05) is 13.1 Å². The molecule has 8 nitrogen and oxygen atoms in total. The van der Waals surface area contributed by atoms with E-state index in [1.807, 2.05) is 12.1 Å². The van der Waals surface area contributed by atoms with Crippen LogP contribution in [0.1, 0.15) is 42.9 Å². The first-order valence-electron chi connectivity index (χ1n) is 11.4. The molecule has 1 saturated heterocycles. The molecule has 0 spiro atoms. The van der Waals surface area contributed by atoms with Crippen molar-refractivity contribution in [1.29, 1.82) is 0 Å². The molecule has 0 saturated carbocycles. The summed E-state index contributed by atoms with van der Waals surface area (Å²) >= 11 is 0. The maximum absolute atomic E-state index is 13.3. The average Bonchev–Trinajstić information content (AvgIpc) is 2.84. The first-order valence-corrected chi connectivity index (χ1v) is 12.8. The van der Waals surface area contributed by atoms with Crippen LogP contribution < -0.4 is 15.4 Å². The van der Waals surface area contributed by atoms with Crippen molar-refractivity contribution in [3.63, 3.8) is 0 Å². The van der Waals surface area contributed by atoms with Crippen LogP contribution in [0.25, 0.3) is 0 Å². The number of amides is 2. The van der Waals surface area contributed by atoms with Crippen molar-refractivity contribution in [3.8, 4) is 5.75 Å². The van der Waals surface area contributed by atoms with Crippen LogP contribution >= 0.6 is 0 Å². The number of benzene rings is 2. The highest BCUT2D eigenvalue weighted by Gasteiger charge is 2.35.